The van der Waals surface area contributed by atoms with Crippen LogP contribution in [0.5, 0.6) is 17.2 Å². The number of carbonyl (C=O) groups is 1. The molecule has 0 aromatic heterocycles. The second kappa shape index (κ2) is 8.18. The number of nitrogens with one attached hydrogen (secondary N) is 1. The Balaban J connectivity index is 1.67. The minimum absolute atomic E-state index is 0.121. The molecular formula is C20H19NO6S. The molecule has 0 radical (unpaired) electrons. The Labute approximate surface area is 162 Å². The van der Waals surface area contributed by atoms with Gasteiger partial charge in [-0.3, -0.25) is 4.79 Å². The van der Waals surface area contributed by atoms with Crippen molar-refractivity contribution in [2.45, 2.75) is 4.90 Å². The highest BCUT2D eigenvalue weighted by Gasteiger charge is 2.20. The number of methoxy groups -OCH3 is 2. The summed E-state index contributed by atoms with van der Waals surface area (Å²) in [5.41, 5.74) is 0. The highest BCUT2D eigenvalue weighted by Crippen LogP contribution is 2.29. The van der Waals surface area contributed by atoms with Gasteiger partial charge in [-0.1, -0.05) is 30.3 Å². The van der Waals surface area contributed by atoms with E-state index in [1.807, 2.05) is 35.1 Å². The van der Waals surface area contributed by atoms with Crippen LogP contribution in [0, 0.1) is 0 Å². The van der Waals surface area contributed by atoms with Gasteiger partial charge in [-0.15, -0.1) is 0 Å². The first kappa shape index (κ1) is 19.5. The van der Waals surface area contributed by atoms with E-state index in [0.29, 0.717) is 11.5 Å². The van der Waals surface area contributed by atoms with Gasteiger partial charge in [-0.2, -0.15) is 0 Å². The first-order valence-corrected chi connectivity index (χ1v) is 9.80. The molecule has 28 heavy (non-hydrogen) atoms. The quantitative estimate of drug-likeness (QED) is 0.655. The lowest BCUT2D eigenvalue weighted by Crippen LogP contribution is -2.34. The van der Waals surface area contributed by atoms with E-state index in [0.717, 1.165) is 10.8 Å². The van der Waals surface area contributed by atoms with Crippen molar-refractivity contribution in [3.63, 3.8) is 0 Å². The number of hydrogen-bond acceptors (Lipinski definition) is 6. The van der Waals surface area contributed by atoms with Gasteiger partial charge in [0, 0.05) is 6.07 Å². The van der Waals surface area contributed by atoms with Crippen LogP contribution in [-0.4, -0.2) is 35.2 Å². The van der Waals surface area contributed by atoms with E-state index in [4.69, 9.17) is 14.2 Å². The summed E-state index contributed by atoms with van der Waals surface area (Å²) in [7, 11) is -1.24. The van der Waals surface area contributed by atoms with E-state index in [2.05, 4.69) is 0 Å². The molecule has 0 unspecified atom stereocenters. The van der Waals surface area contributed by atoms with Crippen molar-refractivity contribution in [2.75, 3.05) is 20.8 Å². The third-order valence-corrected chi connectivity index (χ3v) is 5.38. The molecule has 0 aliphatic rings. The zero-order chi connectivity index (χ0) is 20.1. The second-order valence-electron chi connectivity index (χ2n) is 5.84. The molecule has 3 aromatic rings. The number of hydrogen-bond donors (Lipinski definition) is 1. The molecule has 0 fully saturated rings. The molecule has 3 rings (SSSR count). The smallest absolute Gasteiger partial charge is 0.271 e. The number of amides is 1. The molecule has 0 heterocycles. The van der Waals surface area contributed by atoms with Crippen LogP contribution in [0.2, 0.25) is 0 Å². The van der Waals surface area contributed by atoms with Gasteiger partial charge in [0.1, 0.15) is 5.75 Å². The zero-order valence-corrected chi connectivity index (χ0v) is 16.2. The lowest BCUT2D eigenvalue weighted by Gasteiger charge is -2.11. The van der Waals surface area contributed by atoms with Crippen molar-refractivity contribution < 1.29 is 27.4 Å². The number of carbonyl (C=O) groups excluding carboxylic acids is 1. The maximum atomic E-state index is 12.4. The molecule has 0 atom stereocenters. The van der Waals surface area contributed by atoms with E-state index in [1.54, 1.807) is 12.1 Å². The molecule has 1 amide bonds. The van der Waals surface area contributed by atoms with E-state index >= 15 is 0 Å². The van der Waals surface area contributed by atoms with Gasteiger partial charge in [0.25, 0.3) is 15.9 Å². The lowest BCUT2D eigenvalue weighted by molar-refractivity contribution is -0.121. The first-order chi connectivity index (χ1) is 13.4. The minimum Gasteiger partial charge on any atom is -0.493 e. The van der Waals surface area contributed by atoms with Crippen LogP contribution in [0.3, 0.4) is 0 Å². The molecule has 0 saturated heterocycles. The highest BCUT2D eigenvalue weighted by molar-refractivity contribution is 7.90. The number of sulfonamides is 1. The van der Waals surface area contributed by atoms with Crippen LogP contribution in [0.1, 0.15) is 0 Å². The number of ether oxygens (including phenoxy) is 3. The van der Waals surface area contributed by atoms with Gasteiger partial charge < -0.3 is 14.2 Å². The standard InChI is InChI=1S/C20H19NO6S/c1-25-18-10-9-17(12-19(18)26-2)28(23,24)21-20(22)13-27-16-8-7-14-5-3-4-6-15(14)11-16/h3-12H,13H2,1-2H3,(H,21,22). The fourth-order valence-corrected chi connectivity index (χ4v) is 3.61. The molecule has 0 spiro atoms. The van der Waals surface area contributed by atoms with Gasteiger partial charge >= 0.3 is 0 Å². The highest BCUT2D eigenvalue weighted by atomic mass is 32.2. The Hall–Kier alpha value is -3.26. The topological polar surface area (TPSA) is 90.9 Å². The number of benzene rings is 3. The predicted molar refractivity (Wildman–Crippen MR) is 104 cm³/mol. The van der Waals surface area contributed by atoms with Gasteiger partial charge in [0.05, 0.1) is 19.1 Å². The summed E-state index contributed by atoms with van der Waals surface area (Å²) in [4.78, 5) is 12.0. The Kier molecular flexibility index (Phi) is 5.70. The van der Waals surface area contributed by atoms with Crippen LogP contribution in [-0.2, 0) is 14.8 Å². The second-order valence-corrected chi connectivity index (χ2v) is 7.53. The van der Waals surface area contributed by atoms with Crippen LogP contribution >= 0.6 is 0 Å². The third-order valence-electron chi connectivity index (χ3n) is 4.00. The molecule has 0 aliphatic carbocycles. The molecular weight excluding hydrogens is 382 g/mol. The SMILES string of the molecule is COc1ccc(S(=O)(=O)NC(=O)COc2ccc3ccccc3c2)cc1OC. The molecule has 3 aromatic carbocycles. The van der Waals surface area contributed by atoms with Crippen LogP contribution in [0.4, 0.5) is 0 Å². The molecule has 1 N–H and O–H groups in total. The summed E-state index contributed by atoms with van der Waals surface area (Å²) in [6.45, 7) is -0.440. The molecule has 0 bridgehead atoms. The molecule has 0 saturated carbocycles. The van der Waals surface area contributed by atoms with Crippen molar-refractivity contribution in [1.29, 1.82) is 0 Å². The van der Waals surface area contributed by atoms with Crippen molar-refractivity contribution in [1.82, 2.24) is 4.72 Å². The van der Waals surface area contributed by atoms with Crippen LogP contribution in [0.25, 0.3) is 10.8 Å². The summed E-state index contributed by atoms with van der Waals surface area (Å²) in [5.74, 6) is 0.304. The van der Waals surface area contributed by atoms with Crippen molar-refractivity contribution in [3.8, 4) is 17.2 Å². The first-order valence-electron chi connectivity index (χ1n) is 8.32. The zero-order valence-electron chi connectivity index (χ0n) is 15.3. The summed E-state index contributed by atoms with van der Waals surface area (Å²) in [5, 5.41) is 1.99. The van der Waals surface area contributed by atoms with E-state index in [1.165, 1.54) is 32.4 Å². The fourth-order valence-electron chi connectivity index (χ4n) is 2.63. The van der Waals surface area contributed by atoms with Crippen molar-refractivity contribution in [3.05, 3.63) is 60.7 Å². The lowest BCUT2D eigenvalue weighted by atomic mass is 10.1. The molecule has 8 heteroatoms. The van der Waals surface area contributed by atoms with E-state index in [-0.39, 0.29) is 10.6 Å². The maximum absolute atomic E-state index is 12.4. The minimum atomic E-state index is -4.07. The van der Waals surface area contributed by atoms with Gasteiger partial charge in [0.2, 0.25) is 0 Å². The Morgan fingerprint density at radius 3 is 2.32 bits per heavy atom. The molecule has 146 valence electrons. The van der Waals surface area contributed by atoms with Crippen molar-refractivity contribution in [2.24, 2.45) is 0 Å². The van der Waals surface area contributed by atoms with Gasteiger partial charge in [-0.25, -0.2) is 13.1 Å². The van der Waals surface area contributed by atoms with Gasteiger partial charge in [0.15, 0.2) is 18.1 Å². The molecule has 0 aliphatic heterocycles. The Bertz CT molecular complexity index is 1110. The molecule has 7 nitrogen and oxygen atoms in total. The number of fused-ring (bicyclic) bond motifs is 1. The Morgan fingerprint density at radius 2 is 1.61 bits per heavy atom. The Morgan fingerprint density at radius 1 is 0.893 bits per heavy atom. The van der Waals surface area contributed by atoms with Gasteiger partial charge in [-0.05, 0) is 35.0 Å². The third kappa shape index (κ3) is 4.34. The number of rotatable bonds is 7. The average Bonchev–Trinajstić information content (AvgIpc) is 2.71. The maximum Gasteiger partial charge on any atom is 0.271 e. The summed E-state index contributed by atoms with van der Waals surface area (Å²) in [6, 6.07) is 17.1. The largest absolute Gasteiger partial charge is 0.493 e. The summed E-state index contributed by atoms with van der Waals surface area (Å²) in [6.07, 6.45) is 0. The fraction of sp³-hybridized carbons (Fsp3) is 0.150. The van der Waals surface area contributed by atoms with Crippen LogP contribution < -0.4 is 18.9 Å². The monoisotopic (exact) mass is 401 g/mol. The van der Waals surface area contributed by atoms with E-state index in [9.17, 15) is 13.2 Å². The predicted octanol–water partition coefficient (Wildman–Crippen LogP) is 2.74. The summed E-state index contributed by atoms with van der Waals surface area (Å²) >= 11 is 0. The van der Waals surface area contributed by atoms with Crippen LogP contribution in [0.15, 0.2) is 65.6 Å². The summed E-state index contributed by atoms with van der Waals surface area (Å²) < 4.78 is 42.4. The van der Waals surface area contributed by atoms with Crippen molar-refractivity contribution >= 4 is 26.7 Å². The average molecular weight is 401 g/mol. The normalized spacial score (nSPS) is 11.1. The van der Waals surface area contributed by atoms with E-state index < -0.39 is 22.5 Å².